The topological polar surface area (TPSA) is 46.5 Å². The summed E-state index contributed by atoms with van der Waals surface area (Å²) in [7, 11) is 0. The quantitative estimate of drug-likeness (QED) is 0.737. The molecule has 0 fully saturated rings. The van der Waals surface area contributed by atoms with E-state index < -0.39 is 0 Å². The minimum atomic E-state index is -0.0792. The molecule has 2 aromatic carbocycles. The average Bonchev–Trinajstić information content (AvgIpc) is 2.48. The predicted molar refractivity (Wildman–Crippen MR) is 87.8 cm³/mol. The molecule has 3 nitrogen and oxygen atoms in total. The van der Waals surface area contributed by atoms with E-state index >= 15 is 0 Å². The van der Waals surface area contributed by atoms with Crippen LogP contribution in [0.25, 0.3) is 20.2 Å². The van der Waals surface area contributed by atoms with Gasteiger partial charge in [0.05, 0.1) is 12.0 Å². The number of phenols is 1. The molecular weight excluding hydrogens is 284 g/mol. The molecule has 108 valence electrons. The van der Waals surface area contributed by atoms with Crippen molar-refractivity contribution in [1.82, 2.24) is 0 Å². The summed E-state index contributed by atoms with van der Waals surface area (Å²) in [5.74, 6) is 0.345. The van der Waals surface area contributed by atoms with Gasteiger partial charge in [-0.15, -0.1) is 11.3 Å². The molecule has 0 amide bonds. The van der Waals surface area contributed by atoms with Crippen LogP contribution >= 0.6 is 11.3 Å². The lowest BCUT2D eigenvalue weighted by molar-refractivity contribution is 0.303. The molecule has 0 unspecified atom stereocenters. The summed E-state index contributed by atoms with van der Waals surface area (Å²) in [5.41, 5.74) is 0.809. The normalized spacial score (nSPS) is 11.1. The Labute approximate surface area is 126 Å². The van der Waals surface area contributed by atoms with Crippen molar-refractivity contribution in [2.24, 2.45) is 0 Å². The Bertz CT molecular complexity index is 880. The zero-order valence-electron chi connectivity index (χ0n) is 12.0. The van der Waals surface area contributed by atoms with Crippen molar-refractivity contribution in [2.45, 2.75) is 20.3 Å². The molecule has 3 rings (SSSR count). The van der Waals surface area contributed by atoms with Gasteiger partial charge in [-0.3, -0.25) is 4.79 Å². The molecule has 21 heavy (non-hydrogen) atoms. The van der Waals surface area contributed by atoms with Crippen molar-refractivity contribution < 1.29 is 9.84 Å². The molecule has 0 saturated heterocycles. The number of rotatable bonds is 3. The van der Waals surface area contributed by atoms with E-state index in [1.807, 2.05) is 38.1 Å². The van der Waals surface area contributed by atoms with Gasteiger partial charge in [-0.25, -0.2) is 0 Å². The van der Waals surface area contributed by atoms with Crippen LogP contribution in [0.5, 0.6) is 11.5 Å². The summed E-state index contributed by atoms with van der Waals surface area (Å²) in [6.45, 7) is 4.36. The van der Waals surface area contributed by atoms with Crippen LogP contribution in [-0.4, -0.2) is 11.7 Å². The number of hydrogen-bond donors (Lipinski definition) is 1. The van der Waals surface area contributed by atoms with Gasteiger partial charge < -0.3 is 9.84 Å². The fourth-order valence-corrected chi connectivity index (χ4v) is 3.58. The highest BCUT2D eigenvalue weighted by atomic mass is 32.1. The first-order chi connectivity index (χ1) is 10.1. The van der Waals surface area contributed by atoms with Crippen molar-refractivity contribution in [3.05, 3.63) is 46.1 Å². The lowest BCUT2D eigenvalue weighted by atomic mass is 10.1. The zero-order valence-corrected chi connectivity index (χ0v) is 12.8. The molecule has 0 saturated carbocycles. The standard InChI is InChI=1S/C17H16O3S/c1-3-8-20-16-12(18)9-10(2)17-14(16)15(19)11-6-4-5-7-13(11)21-17/h4-7,9,18H,3,8H2,1-2H3. The van der Waals surface area contributed by atoms with Crippen LogP contribution in [0, 0.1) is 6.92 Å². The Kier molecular flexibility index (Phi) is 3.55. The monoisotopic (exact) mass is 300 g/mol. The third-order valence-electron chi connectivity index (χ3n) is 3.42. The fourth-order valence-electron chi connectivity index (χ4n) is 2.44. The van der Waals surface area contributed by atoms with E-state index in [1.165, 1.54) is 0 Å². The second-order valence-electron chi connectivity index (χ2n) is 5.02. The minimum absolute atomic E-state index is 0.0352. The van der Waals surface area contributed by atoms with Crippen LogP contribution in [0.2, 0.25) is 0 Å². The number of benzene rings is 2. The number of aryl methyl sites for hydroxylation is 1. The maximum Gasteiger partial charge on any atom is 0.199 e. The maximum atomic E-state index is 12.8. The van der Waals surface area contributed by atoms with Gasteiger partial charge >= 0.3 is 0 Å². The molecule has 0 aliphatic rings. The van der Waals surface area contributed by atoms with Crippen molar-refractivity contribution >= 4 is 31.5 Å². The number of aromatic hydroxyl groups is 1. The smallest absolute Gasteiger partial charge is 0.199 e. The lowest BCUT2D eigenvalue weighted by Crippen LogP contribution is -2.06. The Hall–Kier alpha value is -2.07. The molecule has 0 radical (unpaired) electrons. The molecule has 1 N–H and O–H groups in total. The number of ether oxygens (including phenoxy) is 1. The summed E-state index contributed by atoms with van der Waals surface area (Å²) < 4.78 is 7.47. The van der Waals surface area contributed by atoms with Gasteiger partial charge in [-0.1, -0.05) is 19.1 Å². The average molecular weight is 300 g/mol. The molecule has 0 bridgehead atoms. The molecule has 0 aliphatic carbocycles. The molecule has 0 atom stereocenters. The van der Waals surface area contributed by atoms with Crippen molar-refractivity contribution in [1.29, 1.82) is 0 Å². The second kappa shape index (κ2) is 5.37. The van der Waals surface area contributed by atoms with Gasteiger partial charge in [0.15, 0.2) is 16.9 Å². The molecule has 0 spiro atoms. The highest BCUT2D eigenvalue weighted by Crippen LogP contribution is 2.39. The van der Waals surface area contributed by atoms with Crippen molar-refractivity contribution in [2.75, 3.05) is 6.61 Å². The molecule has 4 heteroatoms. The molecular formula is C17H16O3S. The minimum Gasteiger partial charge on any atom is -0.504 e. The number of hydrogen-bond acceptors (Lipinski definition) is 4. The van der Waals surface area contributed by atoms with Crippen LogP contribution in [0.1, 0.15) is 18.9 Å². The van der Waals surface area contributed by atoms with E-state index in [-0.39, 0.29) is 11.2 Å². The largest absolute Gasteiger partial charge is 0.504 e. The fraction of sp³-hybridized carbons (Fsp3) is 0.235. The summed E-state index contributed by atoms with van der Waals surface area (Å²) >= 11 is 1.56. The van der Waals surface area contributed by atoms with Gasteiger partial charge in [0, 0.05) is 14.8 Å². The first-order valence-corrected chi connectivity index (χ1v) is 7.76. The Balaban J connectivity index is 2.46. The van der Waals surface area contributed by atoms with Crippen LogP contribution in [0.4, 0.5) is 0 Å². The lowest BCUT2D eigenvalue weighted by Gasteiger charge is -2.12. The van der Waals surface area contributed by atoms with Crippen LogP contribution in [0.15, 0.2) is 35.1 Å². The molecule has 1 aromatic heterocycles. The van der Waals surface area contributed by atoms with Gasteiger partial charge in [-0.2, -0.15) is 0 Å². The molecule has 0 aliphatic heterocycles. The second-order valence-corrected chi connectivity index (χ2v) is 6.07. The number of fused-ring (bicyclic) bond motifs is 2. The van der Waals surface area contributed by atoms with Crippen molar-refractivity contribution in [3.8, 4) is 11.5 Å². The van der Waals surface area contributed by atoms with E-state index in [1.54, 1.807) is 17.4 Å². The highest BCUT2D eigenvalue weighted by Gasteiger charge is 2.16. The van der Waals surface area contributed by atoms with E-state index in [0.717, 1.165) is 21.4 Å². The summed E-state index contributed by atoms with van der Waals surface area (Å²) in [6, 6.07) is 9.20. The zero-order chi connectivity index (χ0) is 15.0. The van der Waals surface area contributed by atoms with Crippen LogP contribution in [0.3, 0.4) is 0 Å². The number of phenolic OH excluding ortho intramolecular Hbond substituents is 1. The highest BCUT2D eigenvalue weighted by molar-refractivity contribution is 7.24. The SMILES string of the molecule is CCCOc1c(O)cc(C)c2sc3ccccc3c(=O)c12. The van der Waals surface area contributed by atoms with Gasteiger partial charge in [-0.05, 0) is 37.1 Å². The first-order valence-electron chi connectivity index (χ1n) is 6.94. The van der Waals surface area contributed by atoms with E-state index in [2.05, 4.69) is 0 Å². The van der Waals surface area contributed by atoms with Gasteiger partial charge in [0.2, 0.25) is 0 Å². The third-order valence-corrected chi connectivity index (χ3v) is 4.73. The van der Waals surface area contributed by atoms with Crippen LogP contribution in [-0.2, 0) is 0 Å². The molecule has 1 heterocycles. The Morgan fingerprint density at radius 3 is 2.81 bits per heavy atom. The van der Waals surface area contributed by atoms with E-state index in [9.17, 15) is 9.90 Å². The van der Waals surface area contributed by atoms with Crippen LogP contribution < -0.4 is 10.2 Å². The van der Waals surface area contributed by atoms with Gasteiger partial charge in [0.1, 0.15) is 0 Å². The first kappa shape index (κ1) is 13.9. The maximum absolute atomic E-state index is 12.8. The third kappa shape index (κ3) is 2.25. The van der Waals surface area contributed by atoms with E-state index in [4.69, 9.17) is 4.74 Å². The molecule has 3 aromatic rings. The van der Waals surface area contributed by atoms with Gasteiger partial charge in [0.25, 0.3) is 0 Å². The predicted octanol–water partition coefficient (Wildman–Crippen LogP) is 4.22. The summed E-state index contributed by atoms with van der Waals surface area (Å²) in [6.07, 6.45) is 0.819. The van der Waals surface area contributed by atoms with E-state index in [0.29, 0.717) is 23.1 Å². The summed E-state index contributed by atoms with van der Waals surface area (Å²) in [4.78, 5) is 12.8. The summed E-state index contributed by atoms with van der Waals surface area (Å²) in [5, 5.41) is 11.3. The Morgan fingerprint density at radius 1 is 1.29 bits per heavy atom. The Morgan fingerprint density at radius 2 is 2.05 bits per heavy atom. The van der Waals surface area contributed by atoms with Crippen molar-refractivity contribution in [3.63, 3.8) is 0 Å².